The van der Waals surface area contributed by atoms with E-state index < -0.39 is 0 Å². The molecule has 1 aromatic carbocycles. The molecule has 20 heavy (non-hydrogen) atoms. The lowest BCUT2D eigenvalue weighted by Gasteiger charge is -2.07. The minimum Gasteiger partial charge on any atom is -0.476 e. The van der Waals surface area contributed by atoms with Crippen molar-refractivity contribution in [2.24, 2.45) is 10.2 Å². The van der Waals surface area contributed by atoms with Crippen LogP contribution < -0.4 is 10.5 Å². The van der Waals surface area contributed by atoms with Crippen LogP contribution in [-0.2, 0) is 0 Å². The van der Waals surface area contributed by atoms with Crippen LogP contribution in [0.5, 0.6) is 5.88 Å². The van der Waals surface area contributed by atoms with E-state index in [1.807, 2.05) is 31.2 Å². The van der Waals surface area contributed by atoms with E-state index in [-0.39, 0.29) is 5.95 Å². The monoisotopic (exact) mass is 335 g/mol. The Hall–Kier alpha value is -2.02. The highest BCUT2D eigenvalue weighted by molar-refractivity contribution is 9.10. The van der Waals surface area contributed by atoms with E-state index in [0.717, 1.165) is 10.2 Å². The lowest BCUT2D eigenvalue weighted by atomic mass is 10.3. The highest BCUT2D eigenvalue weighted by atomic mass is 79.9. The molecule has 7 heteroatoms. The zero-order valence-corrected chi connectivity index (χ0v) is 12.8. The third kappa shape index (κ3) is 3.51. The van der Waals surface area contributed by atoms with Crippen LogP contribution in [0, 0.1) is 6.92 Å². The Kier molecular flexibility index (Phi) is 4.62. The maximum absolute atomic E-state index is 5.60. The van der Waals surface area contributed by atoms with Crippen LogP contribution in [-0.4, -0.2) is 16.6 Å². The number of hydrogen-bond donors (Lipinski definition) is 1. The topological polar surface area (TPSA) is 85.8 Å². The summed E-state index contributed by atoms with van der Waals surface area (Å²) in [6.45, 7) is 4.12. The van der Waals surface area contributed by atoms with Crippen molar-refractivity contribution in [3.8, 4) is 5.88 Å². The van der Waals surface area contributed by atoms with Crippen molar-refractivity contribution >= 4 is 33.3 Å². The van der Waals surface area contributed by atoms with Crippen molar-refractivity contribution in [2.75, 3.05) is 12.3 Å². The van der Waals surface area contributed by atoms with Crippen molar-refractivity contribution in [1.82, 2.24) is 9.97 Å². The summed E-state index contributed by atoms with van der Waals surface area (Å²) >= 11 is 3.37. The highest BCUT2D eigenvalue weighted by Gasteiger charge is 2.11. The van der Waals surface area contributed by atoms with Crippen LogP contribution in [0.1, 0.15) is 12.6 Å². The molecule has 0 amide bonds. The quantitative estimate of drug-likeness (QED) is 0.857. The molecule has 0 aliphatic carbocycles. The molecule has 0 atom stereocenters. The minimum absolute atomic E-state index is 0.161. The molecule has 2 aromatic rings. The summed E-state index contributed by atoms with van der Waals surface area (Å²) < 4.78 is 6.40. The molecule has 0 bridgehead atoms. The first-order chi connectivity index (χ1) is 9.60. The third-order valence-corrected chi connectivity index (χ3v) is 2.95. The Balaban J connectivity index is 2.34. The Bertz CT molecular complexity index is 627. The summed E-state index contributed by atoms with van der Waals surface area (Å²) in [7, 11) is 0. The standard InChI is InChI=1S/C13H14BrN5O/c1-3-20-12-11(8(2)16-13(15)17-12)19-18-10-6-4-9(14)5-7-10/h4-7H,3H2,1-2H3,(H2,15,16,17). The van der Waals surface area contributed by atoms with E-state index in [2.05, 4.69) is 36.1 Å². The van der Waals surface area contributed by atoms with Gasteiger partial charge in [-0.1, -0.05) is 15.9 Å². The Morgan fingerprint density at radius 3 is 2.55 bits per heavy atom. The maximum Gasteiger partial charge on any atom is 0.247 e. The van der Waals surface area contributed by atoms with Crippen LogP contribution in [0.3, 0.4) is 0 Å². The lowest BCUT2D eigenvalue weighted by Crippen LogP contribution is -2.02. The number of aryl methyl sites for hydroxylation is 1. The van der Waals surface area contributed by atoms with Gasteiger partial charge in [0.1, 0.15) is 0 Å². The fraction of sp³-hybridized carbons (Fsp3) is 0.231. The molecule has 2 rings (SSSR count). The molecule has 0 aliphatic heterocycles. The fourth-order valence-corrected chi connectivity index (χ4v) is 1.79. The van der Waals surface area contributed by atoms with Gasteiger partial charge in [-0.05, 0) is 38.1 Å². The van der Waals surface area contributed by atoms with Crippen molar-refractivity contribution < 1.29 is 4.74 Å². The lowest BCUT2D eigenvalue weighted by molar-refractivity contribution is 0.327. The number of aromatic nitrogens is 2. The third-order valence-electron chi connectivity index (χ3n) is 2.42. The minimum atomic E-state index is 0.161. The van der Waals surface area contributed by atoms with Gasteiger partial charge in [0.2, 0.25) is 11.8 Å². The molecule has 1 aromatic heterocycles. The normalized spacial score (nSPS) is 10.9. The van der Waals surface area contributed by atoms with Crippen LogP contribution in [0.4, 0.5) is 17.3 Å². The largest absolute Gasteiger partial charge is 0.476 e. The second-order valence-electron chi connectivity index (χ2n) is 3.93. The predicted molar refractivity (Wildman–Crippen MR) is 80.7 cm³/mol. The number of nitrogen functional groups attached to an aromatic ring is 1. The number of nitrogens with two attached hydrogens (primary N) is 1. The molecule has 6 nitrogen and oxygen atoms in total. The van der Waals surface area contributed by atoms with Gasteiger partial charge in [-0.3, -0.25) is 0 Å². The molecule has 0 saturated carbocycles. The van der Waals surface area contributed by atoms with Gasteiger partial charge >= 0.3 is 0 Å². The van der Waals surface area contributed by atoms with Gasteiger partial charge in [-0.15, -0.1) is 5.11 Å². The second-order valence-corrected chi connectivity index (χ2v) is 4.85. The van der Waals surface area contributed by atoms with Crippen molar-refractivity contribution in [3.05, 3.63) is 34.4 Å². The van der Waals surface area contributed by atoms with Gasteiger partial charge in [0.25, 0.3) is 0 Å². The summed E-state index contributed by atoms with van der Waals surface area (Å²) in [6.07, 6.45) is 0. The average molecular weight is 336 g/mol. The van der Waals surface area contributed by atoms with Gasteiger partial charge in [0, 0.05) is 4.47 Å². The molecule has 0 aliphatic rings. The molecule has 0 unspecified atom stereocenters. The van der Waals surface area contributed by atoms with Crippen molar-refractivity contribution in [2.45, 2.75) is 13.8 Å². The Labute approximate surface area is 125 Å². The molecule has 0 spiro atoms. The molecule has 0 radical (unpaired) electrons. The number of ether oxygens (including phenoxy) is 1. The summed E-state index contributed by atoms with van der Waals surface area (Å²) in [5.74, 6) is 0.506. The molecule has 1 heterocycles. The van der Waals surface area contributed by atoms with Gasteiger partial charge in [-0.25, -0.2) is 4.98 Å². The maximum atomic E-state index is 5.60. The number of anilines is 1. The Morgan fingerprint density at radius 1 is 1.20 bits per heavy atom. The highest BCUT2D eigenvalue weighted by Crippen LogP contribution is 2.30. The number of hydrogen-bond acceptors (Lipinski definition) is 6. The summed E-state index contributed by atoms with van der Waals surface area (Å²) in [6, 6.07) is 7.48. The summed E-state index contributed by atoms with van der Waals surface area (Å²) in [5.41, 5.74) is 7.45. The Morgan fingerprint density at radius 2 is 1.90 bits per heavy atom. The zero-order chi connectivity index (χ0) is 14.5. The van der Waals surface area contributed by atoms with E-state index in [0.29, 0.717) is 23.9 Å². The number of benzene rings is 1. The van der Waals surface area contributed by atoms with E-state index in [9.17, 15) is 0 Å². The first-order valence-electron chi connectivity index (χ1n) is 6.04. The second kappa shape index (κ2) is 6.42. The first kappa shape index (κ1) is 14.4. The molecule has 0 saturated heterocycles. The van der Waals surface area contributed by atoms with Crippen molar-refractivity contribution in [1.29, 1.82) is 0 Å². The van der Waals surface area contributed by atoms with Gasteiger partial charge in [-0.2, -0.15) is 10.1 Å². The summed E-state index contributed by atoms with van der Waals surface area (Å²) in [4.78, 5) is 8.10. The van der Waals surface area contributed by atoms with E-state index in [4.69, 9.17) is 10.5 Å². The zero-order valence-electron chi connectivity index (χ0n) is 11.2. The molecule has 2 N–H and O–H groups in total. The molecular weight excluding hydrogens is 322 g/mol. The number of halogens is 1. The summed E-state index contributed by atoms with van der Waals surface area (Å²) in [5, 5.41) is 8.32. The van der Waals surface area contributed by atoms with Crippen LogP contribution >= 0.6 is 15.9 Å². The average Bonchev–Trinajstić information content (AvgIpc) is 2.40. The molecule has 104 valence electrons. The smallest absolute Gasteiger partial charge is 0.247 e. The number of rotatable bonds is 4. The van der Waals surface area contributed by atoms with Crippen LogP contribution in [0.2, 0.25) is 0 Å². The van der Waals surface area contributed by atoms with E-state index in [1.54, 1.807) is 6.92 Å². The van der Waals surface area contributed by atoms with Crippen molar-refractivity contribution in [3.63, 3.8) is 0 Å². The van der Waals surface area contributed by atoms with Gasteiger partial charge in [0.15, 0.2) is 5.69 Å². The number of nitrogens with zero attached hydrogens (tertiary/aromatic N) is 4. The van der Waals surface area contributed by atoms with Crippen LogP contribution in [0.25, 0.3) is 0 Å². The number of azo groups is 1. The molecule has 0 fully saturated rings. The first-order valence-corrected chi connectivity index (χ1v) is 6.83. The fourth-order valence-electron chi connectivity index (χ4n) is 1.53. The SMILES string of the molecule is CCOc1nc(N)nc(C)c1N=Nc1ccc(Br)cc1. The van der Waals surface area contributed by atoms with Crippen LogP contribution in [0.15, 0.2) is 39.0 Å². The molecular formula is C13H14BrN5O. The predicted octanol–water partition coefficient (Wildman–Crippen LogP) is 3.94. The van der Waals surface area contributed by atoms with Gasteiger partial charge in [0.05, 0.1) is 18.0 Å². The van der Waals surface area contributed by atoms with E-state index in [1.165, 1.54) is 0 Å². The van der Waals surface area contributed by atoms with Gasteiger partial charge < -0.3 is 10.5 Å². The van der Waals surface area contributed by atoms with E-state index >= 15 is 0 Å².